The number of aromatic carboxylic acids is 1. The van der Waals surface area contributed by atoms with Gasteiger partial charge in [0, 0.05) is 5.69 Å². The van der Waals surface area contributed by atoms with E-state index in [1.807, 2.05) is 25.1 Å². The smallest absolute Gasteiger partial charge is 0.335 e. The molecule has 1 aromatic heterocycles. The van der Waals surface area contributed by atoms with Gasteiger partial charge in [0.25, 0.3) is 0 Å². The van der Waals surface area contributed by atoms with E-state index in [1.54, 1.807) is 6.07 Å². The number of hydrogen-bond acceptors (Lipinski definition) is 4. The maximum Gasteiger partial charge on any atom is 0.335 e. The zero-order chi connectivity index (χ0) is 14.5. The second-order valence-electron chi connectivity index (χ2n) is 4.23. The summed E-state index contributed by atoms with van der Waals surface area (Å²) in [6, 6.07) is 10.2. The lowest BCUT2D eigenvalue weighted by atomic mass is 10.2. The summed E-state index contributed by atoms with van der Waals surface area (Å²) >= 11 is 0. The Morgan fingerprint density at radius 2 is 2.05 bits per heavy atom. The first kappa shape index (κ1) is 13.9. The number of carboxylic acid groups (broad SMARTS) is 1. The van der Waals surface area contributed by atoms with Crippen molar-refractivity contribution in [3.05, 3.63) is 53.3 Å². The van der Waals surface area contributed by atoms with E-state index in [1.165, 1.54) is 19.2 Å². The van der Waals surface area contributed by atoms with Crippen LogP contribution in [0.1, 0.15) is 21.7 Å². The molecule has 0 amide bonds. The summed E-state index contributed by atoms with van der Waals surface area (Å²) in [4.78, 5) is 15.2. The number of aryl methyl sites for hydroxylation is 1. The molecule has 1 heterocycles. The van der Waals surface area contributed by atoms with Crippen LogP contribution in [0.3, 0.4) is 0 Å². The fourth-order valence-corrected chi connectivity index (χ4v) is 1.75. The van der Waals surface area contributed by atoms with Crippen LogP contribution in [0.25, 0.3) is 0 Å². The van der Waals surface area contributed by atoms with E-state index in [4.69, 9.17) is 14.6 Å². The van der Waals surface area contributed by atoms with Gasteiger partial charge in [0.05, 0.1) is 18.4 Å². The lowest BCUT2D eigenvalue weighted by molar-refractivity contribution is 0.0696. The molecule has 0 saturated heterocycles. The van der Waals surface area contributed by atoms with Gasteiger partial charge in [0.15, 0.2) is 11.5 Å². The average molecular weight is 273 g/mol. The van der Waals surface area contributed by atoms with Crippen LogP contribution in [0.4, 0.5) is 0 Å². The highest BCUT2D eigenvalue weighted by atomic mass is 16.5. The number of hydrogen-bond donors (Lipinski definition) is 1. The van der Waals surface area contributed by atoms with Gasteiger partial charge in [-0.15, -0.1) is 0 Å². The van der Waals surface area contributed by atoms with Gasteiger partial charge in [-0.3, -0.25) is 4.98 Å². The first-order chi connectivity index (χ1) is 9.60. The minimum absolute atomic E-state index is 0.155. The van der Waals surface area contributed by atoms with Gasteiger partial charge >= 0.3 is 5.97 Å². The molecule has 5 heteroatoms. The van der Waals surface area contributed by atoms with E-state index >= 15 is 0 Å². The predicted molar refractivity (Wildman–Crippen MR) is 73.3 cm³/mol. The molecule has 0 unspecified atom stereocenters. The van der Waals surface area contributed by atoms with Crippen LogP contribution >= 0.6 is 0 Å². The Balaban J connectivity index is 2.15. The minimum Gasteiger partial charge on any atom is -0.493 e. The molecule has 1 aromatic carbocycles. The van der Waals surface area contributed by atoms with Gasteiger partial charge < -0.3 is 14.6 Å². The monoisotopic (exact) mass is 273 g/mol. The highest BCUT2D eigenvalue weighted by Gasteiger charge is 2.10. The van der Waals surface area contributed by atoms with Crippen LogP contribution in [0, 0.1) is 6.92 Å². The molecule has 0 atom stereocenters. The Morgan fingerprint density at radius 1 is 1.25 bits per heavy atom. The molecule has 0 saturated carbocycles. The topological polar surface area (TPSA) is 68.7 Å². The van der Waals surface area contributed by atoms with Crippen LogP contribution in [0.2, 0.25) is 0 Å². The maximum atomic E-state index is 10.9. The normalized spacial score (nSPS) is 10.1. The molecule has 0 aliphatic carbocycles. The summed E-state index contributed by atoms with van der Waals surface area (Å²) in [5.41, 5.74) is 1.87. The zero-order valence-electron chi connectivity index (χ0n) is 11.3. The Bertz CT molecular complexity index is 625. The van der Waals surface area contributed by atoms with Gasteiger partial charge in [0.2, 0.25) is 0 Å². The number of pyridine rings is 1. The molecule has 2 rings (SSSR count). The quantitative estimate of drug-likeness (QED) is 0.907. The predicted octanol–water partition coefficient (Wildman–Crippen LogP) is 2.68. The second-order valence-corrected chi connectivity index (χ2v) is 4.23. The van der Waals surface area contributed by atoms with Crippen LogP contribution in [0.15, 0.2) is 36.4 Å². The Labute approximate surface area is 116 Å². The lowest BCUT2D eigenvalue weighted by Crippen LogP contribution is -2.02. The average Bonchev–Trinajstić information content (AvgIpc) is 2.45. The number of ether oxygens (including phenoxy) is 2. The van der Waals surface area contributed by atoms with Gasteiger partial charge in [-0.2, -0.15) is 0 Å². The molecule has 0 spiro atoms. The van der Waals surface area contributed by atoms with Crippen LogP contribution in [0.5, 0.6) is 11.5 Å². The molecular weight excluding hydrogens is 258 g/mol. The highest BCUT2D eigenvalue weighted by molar-refractivity contribution is 5.88. The van der Waals surface area contributed by atoms with Crippen LogP contribution < -0.4 is 9.47 Å². The first-order valence-electron chi connectivity index (χ1n) is 6.07. The van der Waals surface area contributed by atoms with Crippen molar-refractivity contribution in [2.75, 3.05) is 7.11 Å². The van der Waals surface area contributed by atoms with Crippen LogP contribution in [-0.4, -0.2) is 23.2 Å². The van der Waals surface area contributed by atoms with E-state index in [2.05, 4.69) is 4.98 Å². The first-order valence-corrected chi connectivity index (χ1v) is 6.07. The molecule has 104 valence electrons. The summed E-state index contributed by atoms with van der Waals surface area (Å²) in [5, 5.41) is 8.93. The van der Waals surface area contributed by atoms with E-state index in [0.29, 0.717) is 18.1 Å². The van der Waals surface area contributed by atoms with Gasteiger partial charge in [0.1, 0.15) is 6.61 Å². The number of rotatable bonds is 5. The molecule has 0 aliphatic heterocycles. The van der Waals surface area contributed by atoms with Gasteiger partial charge in [-0.1, -0.05) is 6.07 Å². The number of carbonyl (C=O) groups is 1. The van der Waals surface area contributed by atoms with Crippen LogP contribution in [-0.2, 0) is 6.61 Å². The molecule has 0 aliphatic rings. The van der Waals surface area contributed by atoms with E-state index in [0.717, 1.165) is 11.4 Å². The van der Waals surface area contributed by atoms with Gasteiger partial charge in [-0.25, -0.2) is 4.79 Å². The number of nitrogens with zero attached hydrogens (tertiary/aromatic N) is 1. The number of methoxy groups -OCH3 is 1. The van der Waals surface area contributed by atoms with E-state index in [-0.39, 0.29) is 5.56 Å². The van der Waals surface area contributed by atoms with Crippen molar-refractivity contribution in [1.29, 1.82) is 0 Å². The van der Waals surface area contributed by atoms with Gasteiger partial charge in [-0.05, 0) is 37.3 Å². The third-order valence-corrected chi connectivity index (χ3v) is 2.73. The largest absolute Gasteiger partial charge is 0.493 e. The number of aromatic nitrogens is 1. The Kier molecular flexibility index (Phi) is 4.20. The van der Waals surface area contributed by atoms with Crippen molar-refractivity contribution in [1.82, 2.24) is 4.98 Å². The summed E-state index contributed by atoms with van der Waals surface area (Å²) in [6.45, 7) is 2.20. The zero-order valence-corrected chi connectivity index (χ0v) is 11.3. The van der Waals surface area contributed by atoms with Crippen molar-refractivity contribution in [3.63, 3.8) is 0 Å². The van der Waals surface area contributed by atoms with Crippen molar-refractivity contribution in [2.45, 2.75) is 13.5 Å². The lowest BCUT2D eigenvalue weighted by Gasteiger charge is -2.11. The Morgan fingerprint density at radius 3 is 2.70 bits per heavy atom. The SMILES string of the molecule is COc1cc(C(=O)O)ccc1OCc1cccc(C)n1. The number of benzene rings is 1. The van der Waals surface area contributed by atoms with E-state index < -0.39 is 5.97 Å². The number of carboxylic acids is 1. The molecule has 2 aromatic rings. The summed E-state index contributed by atoms with van der Waals surface area (Å²) < 4.78 is 10.8. The minimum atomic E-state index is -1.00. The van der Waals surface area contributed by atoms with Crippen molar-refractivity contribution in [2.24, 2.45) is 0 Å². The van der Waals surface area contributed by atoms with Crippen molar-refractivity contribution in [3.8, 4) is 11.5 Å². The molecule has 0 bridgehead atoms. The molecular formula is C15H15NO4. The van der Waals surface area contributed by atoms with E-state index in [9.17, 15) is 4.79 Å². The standard InChI is InChI=1S/C15H15NO4/c1-10-4-3-5-12(16-10)9-20-13-7-6-11(15(17)18)8-14(13)19-2/h3-8H,9H2,1-2H3,(H,17,18). The Hall–Kier alpha value is -2.56. The third kappa shape index (κ3) is 3.26. The van der Waals surface area contributed by atoms with Crippen molar-refractivity contribution >= 4 is 5.97 Å². The second kappa shape index (κ2) is 6.06. The molecule has 0 radical (unpaired) electrons. The molecule has 5 nitrogen and oxygen atoms in total. The maximum absolute atomic E-state index is 10.9. The fourth-order valence-electron chi connectivity index (χ4n) is 1.75. The molecule has 1 N–H and O–H groups in total. The highest BCUT2D eigenvalue weighted by Crippen LogP contribution is 2.28. The fraction of sp³-hybridized carbons (Fsp3) is 0.200. The molecule has 0 fully saturated rings. The van der Waals surface area contributed by atoms with Crippen molar-refractivity contribution < 1.29 is 19.4 Å². The summed E-state index contributed by atoms with van der Waals surface area (Å²) in [5.74, 6) is -0.131. The molecule has 20 heavy (non-hydrogen) atoms. The summed E-state index contributed by atoms with van der Waals surface area (Å²) in [6.07, 6.45) is 0. The summed E-state index contributed by atoms with van der Waals surface area (Å²) in [7, 11) is 1.47. The third-order valence-electron chi connectivity index (χ3n) is 2.73.